The Morgan fingerprint density at radius 2 is 1.67 bits per heavy atom. The number of aromatic nitrogens is 1. The van der Waals surface area contributed by atoms with Crippen LogP contribution in [-0.4, -0.2) is 44.4 Å². The largest absolute Gasteiger partial charge is 0.382 e. The number of ketones is 1. The molecule has 27 heavy (non-hydrogen) atoms. The second-order valence-electron chi connectivity index (χ2n) is 6.35. The highest BCUT2D eigenvalue weighted by molar-refractivity contribution is 7.90. The lowest BCUT2D eigenvalue weighted by molar-refractivity contribution is 0.105. The van der Waals surface area contributed by atoms with Crippen LogP contribution in [0.3, 0.4) is 0 Å². The fourth-order valence-corrected chi connectivity index (χ4v) is 3.28. The number of halogens is 1. The molecule has 2 rings (SSSR count). The first-order chi connectivity index (χ1) is 12.6. The molecule has 0 saturated heterocycles. The molecule has 0 spiro atoms. The van der Waals surface area contributed by atoms with E-state index in [0.717, 1.165) is 11.9 Å². The van der Waals surface area contributed by atoms with Gasteiger partial charge in [-0.15, -0.1) is 0 Å². The highest BCUT2D eigenvalue weighted by Crippen LogP contribution is 2.24. The first kappa shape index (κ1) is 20.9. The molecule has 0 aliphatic heterocycles. The smallest absolute Gasteiger partial charge is 0.195 e. The maximum absolute atomic E-state index is 13.0. The third-order valence-corrected chi connectivity index (χ3v) is 5.01. The molecule has 1 heterocycles. The molecule has 5 nitrogen and oxygen atoms in total. The Kier molecular flexibility index (Phi) is 6.57. The Morgan fingerprint density at radius 1 is 1.07 bits per heavy atom. The van der Waals surface area contributed by atoms with Crippen molar-refractivity contribution >= 4 is 32.8 Å². The highest BCUT2D eigenvalue weighted by atomic mass is 35.5. The van der Waals surface area contributed by atoms with Crippen molar-refractivity contribution in [2.75, 3.05) is 20.4 Å². The number of Topliss-reactive ketones (excluding diaryl/α,β-unsaturated/α-hetero) is 1. The fraction of sp³-hybridized carbons (Fsp3) is 0.200. The molecule has 142 valence electrons. The van der Waals surface area contributed by atoms with Crippen LogP contribution in [0.2, 0.25) is 0 Å². The number of hydrogen-bond acceptors (Lipinski definition) is 5. The summed E-state index contributed by atoms with van der Waals surface area (Å²) in [7, 11) is 0.324. The number of pyridine rings is 1. The van der Waals surface area contributed by atoms with Crippen molar-refractivity contribution < 1.29 is 13.2 Å². The second-order valence-corrected chi connectivity index (χ2v) is 8.80. The van der Waals surface area contributed by atoms with Gasteiger partial charge in [0.2, 0.25) is 0 Å². The molecule has 0 radical (unpaired) electrons. The van der Waals surface area contributed by atoms with Crippen LogP contribution < -0.4 is 0 Å². The van der Waals surface area contributed by atoms with Crippen molar-refractivity contribution in [3.63, 3.8) is 0 Å². The van der Waals surface area contributed by atoms with Crippen molar-refractivity contribution in [1.29, 1.82) is 0 Å². The number of rotatable bonds is 6. The van der Waals surface area contributed by atoms with E-state index in [9.17, 15) is 13.2 Å². The van der Waals surface area contributed by atoms with Gasteiger partial charge in [0.1, 0.15) is 0 Å². The minimum Gasteiger partial charge on any atom is -0.382 e. The van der Waals surface area contributed by atoms with Crippen LogP contribution in [0.5, 0.6) is 0 Å². The van der Waals surface area contributed by atoms with Crippen LogP contribution in [0.25, 0.3) is 5.57 Å². The maximum Gasteiger partial charge on any atom is 0.195 e. The molecule has 0 atom stereocenters. The van der Waals surface area contributed by atoms with E-state index >= 15 is 0 Å². The molecular formula is C20H21ClN2O3S. The average Bonchev–Trinajstić information content (AvgIpc) is 2.58. The maximum atomic E-state index is 13.0. The lowest BCUT2D eigenvalue weighted by Gasteiger charge is -2.10. The lowest BCUT2D eigenvalue weighted by Crippen LogP contribution is -2.06. The molecule has 0 unspecified atom stereocenters. The molecule has 0 aliphatic carbocycles. The summed E-state index contributed by atoms with van der Waals surface area (Å²) in [4.78, 5) is 19.2. The van der Waals surface area contributed by atoms with Gasteiger partial charge in [0, 0.05) is 49.6 Å². The van der Waals surface area contributed by atoms with Gasteiger partial charge in [-0.1, -0.05) is 23.7 Å². The van der Waals surface area contributed by atoms with Crippen molar-refractivity contribution in [3.05, 3.63) is 76.7 Å². The Bertz CT molecular complexity index is 991. The zero-order valence-electron chi connectivity index (χ0n) is 15.6. The van der Waals surface area contributed by atoms with Crippen LogP contribution in [0.4, 0.5) is 0 Å². The minimum atomic E-state index is -3.32. The molecule has 1 aromatic carbocycles. The quantitative estimate of drug-likeness (QED) is 0.417. The first-order valence-corrected chi connectivity index (χ1v) is 10.4. The summed E-state index contributed by atoms with van der Waals surface area (Å²) >= 11 is 6.26. The minimum absolute atomic E-state index is 0.185. The number of carbonyl (C=O) groups is 1. The predicted octanol–water partition coefficient (Wildman–Crippen LogP) is 3.70. The van der Waals surface area contributed by atoms with E-state index < -0.39 is 9.84 Å². The van der Waals surface area contributed by atoms with Crippen molar-refractivity contribution in [2.45, 2.75) is 11.8 Å². The number of nitrogens with zero attached hydrogens (tertiary/aromatic N) is 2. The molecule has 0 fully saturated rings. The Balaban J connectivity index is 2.54. The Morgan fingerprint density at radius 3 is 2.15 bits per heavy atom. The Labute approximate surface area is 164 Å². The van der Waals surface area contributed by atoms with Crippen molar-refractivity contribution in [1.82, 2.24) is 9.88 Å². The third kappa shape index (κ3) is 5.77. The van der Waals surface area contributed by atoms with Crippen molar-refractivity contribution in [3.8, 4) is 0 Å². The first-order valence-electron chi connectivity index (χ1n) is 8.11. The van der Waals surface area contributed by atoms with Gasteiger partial charge in [0.15, 0.2) is 15.6 Å². The van der Waals surface area contributed by atoms with E-state index in [0.29, 0.717) is 21.7 Å². The van der Waals surface area contributed by atoms with Gasteiger partial charge in [-0.25, -0.2) is 8.42 Å². The monoisotopic (exact) mass is 404 g/mol. The molecule has 2 aromatic rings. The van der Waals surface area contributed by atoms with E-state index in [1.807, 2.05) is 21.0 Å². The van der Waals surface area contributed by atoms with Crippen LogP contribution >= 0.6 is 11.6 Å². The normalized spacial score (nSPS) is 12.8. The number of sulfone groups is 1. The number of allylic oxidation sites excluding steroid dienone is 3. The van der Waals surface area contributed by atoms with Crippen LogP contribution in [0.1, 0.15) is 21.6 Å². The summed E-state index contributed by atoms with van der Waals surface area (Å²) in [6.07, 6.45) is 5.89. The zero-order chi connectivity index (χ0) is 20.2. The SMILES string of the molecule is Cc1ccc(C(=O)C(=CC(Cl)=CN(C)C)c2ccc(S(C)(=O)=O)cc2)cn1. The number of benzene rings is 1. The summed E-state index contributed by atoms with van der Waals surface area (Å²) in [6, 6.07) is 9.61. The average molecular weight is 405 g/mol. The number of hydrogen-bond donors (Lipinski definition) is 0. The predicted molar refractivity (Wildman–Crippen MR) is 108 cm³/mol. The fourth-order valence-electron chi connectivity index (χ4n) is 2.34. The van der Waals surface area contributed by atoms with E-state index in [4.69, 9.17) is 11.6 Å². The van der Waals surface area contributed by atoms with Gasteiger partial charge >= 0.3 is 0 Å². The molecule has 0 amide bonds. The molecule has 0 N–H and O–H groups in total. The zero-order valence-corrected chi connectivity index (χ0v) is 17.2. The second kappa shape index (κ2) is 8.50. The molecule has 7 heteroatoms. The van der Waals surface area contributed by atoms with E-state index in [2.05, 4.69) is 4.98 Å². The van der Waals surface area contributed by atoms with E-state index in [-0.39, 0.29) is 10.7 Å². The van der Waals surface area contributed by atoms with E-state index in [1.54, 1.807) is 41.4 Å². The third-order valence-electron chi connectivity index (χ3n) is 3.68. The van der Waals surface area contributed by atoms with Crippen molar-refractivity contribution in [2.24, 2.45) is 0 Å². The van der Waals surface area contributed by atoms with Gasteiger partial charge in [-0.2, -0.15) is 0 Å². The van der Waals surface area contributed by atoms with Crippen LogP contribution in [0, 0.1) is 6.92 Å². The summed E-state index contributed by atoms with van der Waals surface area (Å²) in [5, 5.41) is 0.371. The summed E-state index contributed by atoms with van der Waals surface area (Å²) < 4.78 is 23.3. The van der Waals surface area contributed by atoms with Crippen LogP contribution in [0.15, 0.2) is 64.8 Å². The molecular weight excluding hydrogens is 384 g/mol. The summed E-state index contributed by atoms with van der Waals surface area (Å²) in [5.74, 6) is -0.250. The van der Waals surface area contributed by atoms with Gasteiger partial charge in [-0.05, 0) is 42.8 Å². The molecule has 0 saturated carbocycles. The standard InChI is InChI=1S/C20H21ClN2O3S/c1-14-5-6-16(12-22-14)20(24)19(11-17(21)13-23(2)3)15-7-9-18(10-8-15)27(4,25)26/h5-13H,1-4H3. The lowest BCUT2D eigenvalue weighted by atomic mass is 9.97. The highest BCUT2D eigenvalue weighted by Gasteiger charge is 2.16. The van der Waals surface area contributed by atoms with Gasteiger partial charge < -0.3 is 4.90 Å². The molecule has 0 aliphatic rings. The van der Waals surface area contributed by atoms with E-state index in [1.165, 1.54) is 18.3 Å². The van der Waals surface area contributed by atoms with Crippen LogP contribution in [-0.2, 0) is 9.84 Å². The van der Waals surface area contributed by atoms with Gasteiger partial charge in [0.05, 0.1) is 9.93 Å². The summed E-state index contributed by atoms with van der Waals surface area (Å²) in [5.41, 5.74) is 2.15. The number of aryl methyl sites for hydroxylation is 1. The summed E-state index contributed by atoms with van der Waals surface area (Å²) in [6.45, 7) is 1.84. The molecule has 0 bridgehead atoms. The number of carbonyl (C=O) groups excluding carboxylic acids is 1. The van der Waals surface area contributed by atoms with Gasteiger partial charge in [-0.3, -0.25) is 9.78 Å². The van der Waals surface area contributed by atoms with Gasteiger partial charge in [0.25, 0.3) is 0 Å². The Hall–Kier alpha value is -2.44. The topological polar surface area (TPSA) is 67.3 Å². The molecule has 1 aromatic heterocycles.